The number of rotatable bonds is 7. The molecule has 0 radical (unpaired) electrons. The monoisotopic (exact) mass is 439 g/mol. The lowest BCUT2D eigenvalue weighted by Crippen LogP contribution is -2.29. The number of carbonyl (C=O) groups is 1. The zero-order valence-corrected chi connectivity index (χ0v) is 18.8. The number of amides is 1. The Hall–Kier alpha value is -4.25. The van der Waals surface area contributed by atoms with Gasteiger partial charge in [-0.15, -0.1) is 0 Å². The van der Waals surface area contributed by atoms with E-state index in [1.807, 2.05) is 55.8 Å². The fourth-order valence-corrected chi connectivity index (χ4v) is 3.54. The maximum Gasteiger partial charge on any atom is 0.252 e. The van der Waals surface area contributed by atoms with Crippen LogP contribution >= 0.6 is 0 Å². The number of pyridine rings is 2. The van der Waals surface area contributed by atoms with E-state index in [0.717, 1.165) is 16.8 Å². The van der Waals surface area contributed by atoms with Crippen LogP contribution in [-0.4, -0.2) is 38.7 Å². The largest absolute Gasteiger partial charge is 0.367 e. The van der Waals surface area contributed by atoms with Crippen LogP contribution in [0.15, 0.2) is 54.9 Å². The lowest BCUT2D eigenvalue weighted by atomic mass is 10.1. The van der Waals surface area contributed by atoms with Crippen molar-refractivity contribution in [3.05, 3.63) is 71.5 Å². The van der Waals surface area contributed by atoms with Crippen LogP contribution in [0.3, 0.4) is 0 Å². The Morgan fingerprint density at radius 3 is 2.70 bits per heavy atom. The topological polar surface area (TPSA) is 109 Å². The van der Waals surface area contributed by atoms with Gasteiger partial charge >= 0.3 is 0 Å². The molecule has 0 saturated carbocycles. The van der Waals surface area contributed by atoms with Crippen molar-refractivity contribution in [2.24, 2.45) is 0 Å². The van der Waals surface area contributed by atoms with Gasteiger partial charge in [0.2, 0.25) is 0 Å². The smallest absolute Gasteiger partial charge is 0.252 e. The number of fused-ring (bicyclic) bond motifs is 1. The van der Waals surface area contributed by atoms with Crippen LogP contribution in [0.1, 0.15) is 41.4 Å². The fraction of sp³-hybridized carbons (Fsp3) is 0.240. The molecule has 1 aromatic carbocycles. The second-order valence-corrected chi connectivity index (χ2v) is 8.04. The summed E-state index contributed by atoms with van der Waals surface area (Å²) in [6, 6.07) is 15.5. The Morgan fingerprint density at radius 2 is 1.97 bits per heavy atom. The molecule has 0 fully saturated rings. The average Bonchev–Trinajstić information content (AvgIpc) is 3.26. The van der Waals surface area contributed by atoms with E-state index in [0.29, 0.717) is 41.1 Å². The molecule has 33 heavy (non-hydrogen) atoms. The van der Waals surface area contributed by atoms with E-state index >= 15 is 0 Å². The van der Waals surface area contributed by atoms with Gasteiger partial charge in [0.05, 0.1) is 28.4 Å². The molecule has 4 aromatic rings. The van der Waals surface area contributed by atoms with Crippen LogP contribution in [0.4, 0.5) is 5.82 Å². The number of benzene rings is 1. The van der Waals surface area contributed by atoms with Gasteiger partial charge in [0.25, 0.3) is 5.91 Å². The highest BCUT2D eigenvalue weighted by Crippen LogP contribution is 2.26. The first-order valence-corrected chi connectivity index (χ1v) is 10.8. The third kappa shape index (κ3) is 4.67. The summed E-state index contributed by atoms with van der Waals surface area (Å²) in [4.78, 5) is 22.1. The Bertz CT molecular complexity index is 1330. The Kier molecular flexibility index (Phi) is 6.31. The second kappa shape index (κ2) is 9.49. The Labute approximate surface area is 192 Å². The summed E-state index contributed by atoms with van der Waals surface area (Å²) in [5.41, 5.74) is 4.49. The number of aromatic nitrogens is 4. The molecule has 0 spiro atoms. The molecule has 3 aromatic heterocycles. The van der Waals surface area contributed by atoms with Crippen LogP contribution in [0.25, 0.3) is 22.3 Å². The zero-order chi connectivity index (χ0) is 23.4. The number of nitrogens with zero attached hydrogens (tertiary/aromatic N) is 5. The minimum Gasteiger partial charge on any atom is -0.367 e. The first kappa shape index (κ1) is 22.0. The van der Waals surface area contributed by atoms with Crippen molar-refractivity contribution in [3.63, 3.8) is 0 Å². The van der Waals surface area contributed by atoms with E-state index in [9.17, 15) is 10.1 Å². The summed E-state index contributed by atoms with van der Waals surface area (Å²) in [5, 5.41) is 20.4. The first-order chi connectivity index (χ1) is 16.0. The third-order valence-electron chi connectivity index (χ3n) is 5.28. The van der Waals surface area contributed by atoms with Gasteiger partial charge in [-0.2, -0.15) is 10.4 Å². The van der Waals surface area contributed by atoms with Crippen LogP contribution in [-0.2, 0) is 0 Å². The third-order valence-corrected chi connectivity index (χ3v) is 5.28. The van der Waals surface area contributed by atoms with Gasteiger partial charge in [-0.3, -0.25) is 4.79 Å². The predicted molar refractivity (Wildman–Crippen MR) is 128 cm³/mol. The Balaban J connectivity index is 1.58. The summed E-state index contributed by atoms with van der Waals surface area (Å²) in [5.74, 6) is 0.294. The van der Waals surface area contributed by atoms with Crippen molar-refractivity contribution in [2.45, 2.75) is 26.8 Å². The maximum atomic E-state index is 13.1. The molecule has 0 bridgehead atoms. The summed E-state index contributed by atoms with van der Waals surface area (Å²) in [6.45, 7) is 6.89. The van der Waals surface area contributed by atoms with E-state index in [1.54, 1.807) is 24.5 Å². The quantitative estimate of drug-likeness (QED) is 0.420. The molecule has 0 aliphatic rings. The van der Waals surface area contributed by atoms with Gasteiger partial charge < -0.3 is 10.6 Å². The number of anilines is 1. The molecule has 0 aliphatic carbocycles. The molecule has 8 heteroatoms. The second-order valence-electron chi connectivity index (χ2n) is 8.04. The predicted octanol–water partition coefficient (Wildman–Crippen LogP) is 4.10. The van der Waals surface area contributed by atoms with Crippen molar-refractivity contribution < 1.29 is 4.79 Å². The van der Waals surface area contributed by atoms with Gasteiger partial charge in [0.1, 0.15) is 11.9 Å². The number of nitriles is 1. The number of hydrogen-bond donors (Lipinski definition) is 2. The molecule has 0 atom stereocenters. The van der Waals surface area contributed by atoms with Gasteiger partial charge in [-0.25, -0.2) is 14.6 Å². The van der Waals surface area contributed by atoms with E-state index < -0.39 is 0 Å². The molecule has 8 nitrogen and oxygen atoms in total. The SMILES string of the molecule is Cc1ccc(-c2cc(C(=O)NCCNc3ncccc3C#N)c3cnn(C(C)C)c3n2)cc1. The van der Waals surface area contributed by atoms with E-state index in [4.69, 9.17) is 4.98 Å². The highest BCUT2D eigenvalue weighted by atomic mass is 16.1. The molecule has 1 amide bonds. The molecule has 3 heterocycles. The van der Waals surface area contributed by atoms with Crippen LogP contribution in [0.5, 0.6) is 0 Å². The van der Waals surface area contributed by atoms with Gasteiger partial charge in [0.15, 0.2) is 5.65 Å². The molecular formula is C25H25N7O. The maximum absolute atomic E-state index is 13.1. The highest BCUT2D eigenvalue weighted by molar-refractivity contribution is 6.06. The van der Waals surface area contributed by atoms with Gasteiger partial charge in [0, 0.05) is 30.9 Å². The lowest BCUT2D eigenvalue weighted by molar-refractivity contribution is 0.0957. The molecule has 0 saturated heterocycles. The highest BCUT2D eigenvalue weighted by Gasteiger charge is 2.18. The van der Waals surface area contributed by atoms with E-state index in [-0.39, 0.29) is 11.9 Å². The summed E-state index contributed by atoms with van der Waals surface area (Å²) < 4.78 is 1.83. The molecule has 0 unspecified atom stereocenters. The van der Waals surface area contributed by atoms with Crippen molar-refractivity contribution in [3.8, 4) is 17.3 Å². The minimum absolute atomic E-state index is 0.107. The number of carbonyl (C=O) groups excluding carboxylic acids is 1. The number of hydrogen-bond acceptors (Lipinski definition) is 6. The standard InChI is InChI=1S/C25H25N7O/c1-16(2)32-24-21(15-30-32)20(13-22(31-24)18-8-6-17(3)7-9-18)25(33)29-12-11-28-23-19(14-26)5-4-10-27-23/h4-10,13,15-16H,11-12H2,1-3H3,(H,27,28)(H,29,33). The van der Waals surface area contributed by atoms with Crippen molar-refractivity contribution >= 4 is 22.8 Å². The zero-order valence-electron chi connectivity index (χ0n) is 18.8. The molecule has 2 N–H and O–H groups in total. The summed E-state index contributed by atoms with van der Waals surface area (Å²) in [7, 11) is 0. The lowest BCUT2D eigenvalue weighted by Gasteiger charge is -2.12. The summed E-state index contributed by atoms with van der Waals surface area (Å²) in [6.07, 6.45) is 3.32. The van der Waals surface area contributed by atoms with Crippen molar-refractivity contribution in [1.82, 2.24) is 25.1 Å². The molecule has 0 aliphatic heterocycles. The van der Waals surface area contributed by atoms with E-state index in [2.05, 4.69) is 26.8 Å². The van der Waals surface area contributed by atoms with Crippen molar-refractivity contribution in [1.29, 1.82) is 5.26 Å². The minimum atomic E-state index is -0.206. The summed E-state index contributed by atoms with van der Waals surface area (Å²) >= 11 is 0. The van der Waals surface area contributed by atoms with Gasteiger partial charge in [-0.05, 0) is 39.0 Å². The van der Waals surface area contributed by atoms with Crippen molar-refractivity contribution in [2.75, 3.05) is 18.4 Å². The number of aryl methyl sites for hydroxylation is 1. The molecule has 166 valence electrons. The number of nitrogens with one attached hydrogen (secondary N) is 2. The fourth-order valence-electron chi connectivity index (χ4n) is 3.54. The normalized spacial score (nSPS) is 10.9. The van der Waals surface area contributed by atoms with Gasteiger partial charge in [-0.1, -0.05) is 29.8 Å². The van der Waals surface area contributed by atoms with Crippen LogP contribution < -0.4 is 10.6 Å². The Morgan fingerprint density at radius 1 is 1.18 bits per heavy atom. The average molecular weight is 440 g/mol. The first-order valence-electron chi connectivity index (χ1n) is 10.8. The molecule has 4 rings (SSSR count). The molecular weight excluding hydrogens is 414 g/mol. The van der Waals surface area contributed by atoms with E-state index in [1.165, 1.54) is 0 Å². The van der Waals surface area contributed by atoms with Crippen LogP contribution in [0, 0.1) is 18.3 Å². The van der Waals surface area contributed by atoms with Crippen LogP contribution in [0.2, 0.25) is 0 Å².